The van der Waals surface area contributed by atoms with Gasteiger partial charge in [0.05, 0.1) is 20.1 Å². The van der Waals surface area contributed by atoms with Gasteiger partial charge >= 0.3 is 11.9 Å². The molecule has 2 aliphatic rings. The zero-order valence-corrected chi connectivity index (χ0v) is 18.7. The summed E-state index contributed by atoms with van der Waals surface area (Å²) in [5.41, 5.74) is -4.93. The number of hydrogen-bond donors (Lipinski definition) is 0. The minimum absolute atomic E-state index is 0.0352. The van der Waals surface area contributed by atoms with Crippen LogP contribution >= 0.6 is 0 Å². The fourth-order valence-corrected chi connectivity index (χ4v) is 3.76. The number of carbonyl (C=O) groups excluding carboxylic acids is 4. The van der Waals surface area contributed by atoms with Gasteiger partial charge in [-0.25, -0.2) is 4.79 Å². The number of benzene rings is 1. The lowest BCUT2D eigenvalue weighted by atomic mass is 9.62. The molecule has 0 saturated carbocycles. The zero-order chi connectivity index (χ0) is 23.7. The van der Waals surface area contributed by atoms with Crippen LogP contribution in [0.5, 0.6) is 5.75 Å². The van der Waals surface area contributed by atoms with Gasteiger partial charge in [-0.3, -0.25) is 14.4 Å². The first-order chi connectivity index (χ1) is 15.0. The molecule has 0 aromatic heterocycles. The van der Waals surface area contributed by atoms with E-state index in [-0.39, 0.29) is 12.4 Å². The monoisotopic (exact) mass is 442 g/mol. The van der Waals surface area contributed by atoms with Crippen molar-refractivity contribution in [3.8, 4) is 5.75 Å². The van der Waals surface area contributed by atoms with Crippen molar-refractivity contribution >= 4 is 29.3 Å². The molecule has 1 aromatic rings. The molecule has 0 amide bonds. The minimum Gasteiger partial charge on any atom is -0.497 e. The van der Waals surface area contributed by atoms with Crippen molar-refractivity contribution in [1.82, 2.24) is 0 Å². The third-order valence-electron chi connectivity index (χ3n) is 5.21. The molecule has 1 aliphatic heterocycles. The number of methoxy groups -OCH3 is 1. The summed E-state index contributed by atoms with van der Waals surface area (Å²) < 4.78 is 21.9. The van der Waals surface area contributed by atoms with Gasteiger partial charge in [-0.05, 0) is 58.0 Å². The summed E-state index contributed by atoms with van der Waals surface area (Å²) in [5.74, 6) is -2.59. The first kappa shape index (κ1) is 23.2. The van der Waals surface area contributed by atoms with E-state index in [0.29, 0.717) is 11.3 Å². The highest BCUT2D eigenvalue weighted by Crippen LogP contribution is 2.51. The second-order valence-electron chi connectivity index (χ2n) is 8.54. The molecular formula is C24H26O8. The summed E-state index contributed by atoms with van der Waals surface area (Å²) in [5, 5.41) is 0. The quantitative estimate of drug-likeness (QED) is 0.506. The maximum absolute atomic E-state index is 13.6. The number of esters is 2. The third-order valence-corrected chi connectivity index (χ3v) is 5.21. The molecule has 0 radical (unpaired) electrons. The molecule has 0 fully saturated rings. The van der Waals surface area contributed by atoms with Crippen molar-refractivity contribution in [3.05, 3.63) is 48.1 Å². The lowest BCUT2D eigenvalue weighted by Crippen LogP contribution is -2.67. The molecule has 0 spiro atoms. The van der Waals surface area contributed by atoms with Gasteiger partial charge < -0.3 is 18.9 Å². The second-order valence-corrected chi connectivity index (χ2v) is 8.54. The van der Waals surface area contributed by atoms with Gasteiger partial charge in [0.15, 0.2) is 17.0 Å². The number of rotatable bonds is 5. The fraction of sp³-hybridized carbons (Fsp3) is 0.417. The number of ketones is 2. The van der Waals surface area contributed by atoms with Crippen molar-refractivity contribution in [2.24, 2.45) is 5.41 Å². The Hall–Kier alpha value is -3.42. The number of ether oxygens (including phenoxy) is 4. The Labute approximate surface area is 186 Å². The van der Waals surface area contributed by atoms with Crippen LogP contribution in [0.15, 0.2) is 42.5 Å². The lowest BCUT2D eigenvalue weighted by molar-refractivity contribution is -0.198. The van der Waals surface area contributed by atoms with Crippen LogP contribution < -0.4 is 4.74 Å². The van der Waals surface area contributed by atoms with Crippen molar-refractivity contribution < 1.29 is 38.1 Å². The predicted octanol–water partition coefficient (Wildman–Crippen LogP) is 2.79. The van der Waals surface area contributed by atoms with Crippen LogP contribution in [-0.4, -0.2) is 48.4 Å². The number of hydrogen-bond acceptors (Lipinski definition) is 8. The number of fused-ring (bicyclic) bond motifs is 1. The van der Waals surface area contributed by atoms with Gasteiger partial charge in [-0.15, -0.1) is 0 Å². The maximum atomic E-state index is 13.6. The van der Waals surface area contributed by atoms with Gasteiger partial charge in [0, 0.05) is 11.6 Å². The summed E-state index contributed by atoms with van der Waals surface area (Å²) in [7, 11) is 1.51. The first-order valence-corrected chi connectivity index (χ1v) is 10.2. The Kier molecular flexibility index (Phi) is 6.00. The van der Waals surface area contributed by atoms with Gasteiger partial charge in [-0.1, -0.05) is 6.08 Å². The molecule has 170 valence electrons. The normalized spacial score (nSPS) is 24.7. The molecule has 0 bridgehead atoms. The van der Waals surface area contributed by atoms with Gasteiger partial charge in [0.25, 0.3) is 0 Å². The van der Waals surface area contributed by atoms with Gasteiger partial charge in [-0.2, -0.15) is 0 Å². The van der Waals surface area contributed by atoms with E-state index in [9.17, 15) is 19.2 Å². The van der Waals surface area contributed by atoms with Crippen LogP contribution in [0.1, 0.15) is 39.7 Å². The molecule has 32 heavy (non-hydrogen) atoms. The predicted molar refractivity (Wildman–Crippen MR) is 113 cm³/mol. The molecule has 0 saturated heterocycles. The van der Waals surface area contributed by atoms with E-state index in [1.54, 1.807) is 52.0 Å². The Balaban J connectivity index is 2.23. The highest BCUT2D eigenvalue weighted by atomic mass is 16.6. The van der Waals surface area contributed by atoms with Crippen LogP contribution in [0.25, 0.3) is 5.76 Å². The molecule has 8 heteroatoms. The molecule has 1 aliphatic carbocycles. The van der Waals surface area contributed by atoms with Crippen molar-refractivity contribution in [2.45, 2.75) is 45.3 Å². The maximum Gasteiger partial charge on any atom is 0.353 e. The number of allylic oxidation sites excluding steroid dienone is 2. The summed E-state index contributed by atoms with van der Waals surface area (Å²) in [4.78, 5) is 52.6. The SMILES string of the molecule is CCOC(=O)[C@]12CC(=O)C=C[C@@]1(C(=O)OC(C)(C)C)C(=O)C=C(c1ccc(OC)cc1)O2. The fourth-order valence-electron chi connectivity index (χ4n) is 3.76. The molecule has 2 atom stereocenters. The van der Waals surface area contributed by atoms with Gasteiger partial charge in [0.1, 0.15) is 17.1 Å². The molecule has 1 heterocycles. The molecule has 8 nitrogen and oxygen atoms in total. The molecule has 0 N–H and O–H groups in total. The van der Waals surface area contributed by atoms with E-state index in [1.165, 1.54) is 7.11 Å². The first-order valence-electron chi connectivity index (χ1n) is 10.2. The van der Waals surface area contributed by atoms with Gasteiger partial charge in [0.2, 0.25) is 5.60 Å². The minimum atomic E-state index is -2.24. The van der Waals surface area contributed by atoms with Crippen molar-refractivity contribution in [3.63, 3.8) is 0 Å². The Bertz CT molecular complexity index is 1010. The summed E-state index contributed by atoms with van der Waals surface area (Å²) in [6.07, 6.45) is 2.80. The highest BCUT2D eigenvalue weighted by Gasteiger charge is 2.71. The van der Waals surface area contributed by atoms with E-state index < -0.39 is 46.5 Å². The van der Waals surface area contributed by atoms with Crippen LogP contribution in [-0.2, 0) is 33.4 Å². The Morgan fingerprint density at radius 2 is 1.75 bits per heavy atom. The second kappa shape index (κ2) is 8.26. The Morgan fingerprint density at radius 1 is 1.09 bits per heavy atom. The molecule has 3 rings (SSSR count). The molecule has 1 aromatic carbocycles. The van der Waals surface area contributed by atoms with E-state index in [2.05, 4.69) is 0 Å². The average Bonchev–Trinajstić information content (AvgIpc) is 2.72. The summed E-state index contributed by atoms with van der Waals surface area (Å²) in [6, 6.07) is 6.58. The largest absolute Gasteiger partial charge is 0.497 e. The van der Waals surface area contributed by atoms with Crippen LogP contribution in [0.3, 0.4) is 0 Å². The van der Waals surface area contributed by atoms with Crippen molar-refractivity contribution in [1.29, 1.82) is 0 Å². The van der Waals surface area contributed by atoms with Crippen molar-refractivity contribution in [2.75, 3.05) is 13.7 Å². The van der Waals surface area contributed by atoms with E-state index in [4.69, 9.17) is 18.9 Å². The Morgan fingerprint density at radius 3 is 2.31 bits per heavy atom. The third kappa shape index (κ3) is 3.81. The van der Waals surface area contributed by atoms with E-state index >= 15 is 0 Å². The zero-order valence-electron chi connectivity index (χ0n) is 18.7. The van der Waals surface area contributed by atoms with Crippen LogP contribution in [0.4, 0.5) is 0 Å². The topological polar surface area (TPSA) is 105 Å². The molecular weight excluding hydrogens is 416 g/mol. The number of carbonyl (C=O) groups is 4. The average molecular weight is 442 g/mol. The highest BCUT2D eigenvalue weighted by molar-refractivity contribution is 6.21. The lowest BCUT2D eigenvalue weighted by Gasteiger charge is -2.47. The smallest absolute Gasteiger partial charge is 0.353 e. The van der Waals surface area contributed by atoms with E-state index in [1.807, 2.05) is 0 Å². The standard InChI is InChI=1S/C24H26O8/c1-6-30-21(28)24-14-16(25)11-12-23(24,20(27)32-22(2,3)4)19(26)13-18(31-24)15-7-9-17(29-5)10-8-15/h7-13H,6,14H2,1-5H3/t23-,24+/m0/s1. The van der Waals surface area contributed by atoms with Crippen LogP contribution in [0.2, 0.25) is 0 Å². The molecule has 0 unspecified atom stereocenters. The summed E-state index contributed by atoms with van der Waals surface area (Å²) in [6.45, 7) is 6.45. The van der Waals surface area contributed by atoms with Crippen LogP contribution in [0, 0.1) is 5.41 Å². The summed E-state index contributed by atoms with van der Waals surface area (Å²) >= 11 is 0. The van der Waals surface area contributed by atoms with E-state index in [0.717, 1.165) is 18.2 Å².